The molecule has 6 heteroatoms. The average Bonchev–Trinajstić information content (AvgIpc) is 2.13. The third kappa shape index (κ3) is 5.15. The van der Waals surface area contributed by atoms with Crippen LogP contribution in [-0.2, 0) is 0 Å². The summed E-state index contributed by atoms with van der Waals surface area (Å²) >= 11 is 5.91. The topological polar surface area (TPSA) is 26.0 Å². The summed E-state index contributed by atoms with van der Waals surface area (Å²) in [4.78, 5) is 0. The highest BCUT2D eigenvalue weighted by Gasteiger charge is 2.28. The Balaban J connectivity index is 0.00000256. The fourth-order valence-corrected chi connectivity index (χ4v) is 1.94. The van der Waals surface area contributed by atoms with E-state index in [-0.39, 0.29) is 18.8 Å². The second-order valence-corrected chi connectivity index (χ2v) is 4.14. The molecule has 1 aromatic rings. The number of aryl methyl sites for hydroxylation is 1. The van der Waals surface area contributed by atoms with Gasteiger partial charge in [-0.1, -0.05) is 23.7 Å². The van der Waals surface area contributed by atoms with Gasteiger partial charge in [-0.15, -0.1) is 12.4 Å². The quantitative estimate of drug-likeness (QED) is 0.875. The van der Waals surface area contributed by atoms with Gasteiger partial charge in [-0.25, -0.2) is 0 Å². The van der Waals surface area contributed by atoms with E-state index in [2.05, 4.69) is 0 Å². The van der Waals surface area contributed by atoms with E-state index < -0.39 is 18.6 Å². The van der Waals surface area contributed by atoms with Gasteiger partial charge in [0.1, 0.15) is 0 Å². The number of halogens is 5. The Hall–Kier alpha value is -0.450. The van der Waals surface area contributed by atoms with Gasteiger partial charge >= 0.3 is 6.18 Å². The molecule has 0 spiro atoms. The Kier molecular flexibility index (Phi) is 6.30. The largest absolute Gasteiger partial charge is 0.389 e. The summed E-state index contributed by atoms with van der Waals surface area (Å²) in [6.45, 7) is 1.79. The lowest BCUT2D eigenvalue weighted by Crippen LogP contribution is -2.17. The second kappa shape index (κ2) is 6.47. The van der Waals surface area contributed by atoms with Crippen molar-refractivity contribution in [3.63, 3.8) is 0 Å². The predicted octanol–water partition coefficient (Wildman–Crippen LogP) is 4.41. The van der Waals surface area contributed by atoms with Crippen molar-refractivity contribution in [2.45, 2.75) is 32.0 Å². The third-order valence-corrected chi connectivity index (χ3v) is 2.71. The average molecular weight is 288 g/mol. The van der Waals surface area contributed by atoms with Gasteiger partial charge in [0.2, 0.25) is 0 Å². The number of nitrogens with two attached hydrogens (primary N) is 1. The summed E-state index contributed by atoms with van der Waals surface area (Å²) in [5.41, 5.74) is 7.15. The molecule has 0 aromatic heterocycles. The highest BCUT2D eigenvalue weighted by atomic mass is 35.5. The summed E-state index contributed by atoms with van der Waals surface area (Å²) in [6.07, 6.45) is -5.21. The molecule has 0 radical (unpaired) electrons. The molecule has 0 bridgehead atoms. The van der Waals surface area contributed by atoms with E-state index in [1.165, 1.54) is 0 Å². The van der Waals surface area contributed by atoms with Crippen molar-refractivity contribution < 1.29 is 13.2 Å². The van der Waals surface area contributed by atoms with E-state index in [0.29, 0.717) is 10.6 Å². The third-order valence-electron chi connectivity index (χ3n) is 2.38. The number of hydrogen-bond donors (Lipinski definition) is 1. The van der Waals surface area contributed by atoms with Gasteiger partial charge in [0, 0.05) is 17.5 Å². The molecule has 0 fully saturated rings. The lowest BCUT2D eigenvalue weighted by atomic mass is 9.98. The molecule has 0 aliphatic carbocycles. The van der Waals surface area contributed by atoms with Crippen LogP contribution in [0.2, 0.25) is 5.02 Å². The molecule has 1 atom stereocenters. The highest BCUT2D eigenvalue weighted by Crippen LogP contribution is 2.31. The molecule has 2 N–H and O–H groups in total. The van der Waals surface area contributed by atoms with Gasteiger partial charge in [0.05, 0.1) is 0 Å². The molecule has 1 aromatic carbocycles. The van der Waals surface area contributed by atoms with Crippen molar-refractivity contribution in [3.05, 3.63) is 34.3 Å². The number of hydrogen-bond acceptors (Lipinski definition) is 1. The normalized spacial score (nSPS) is 13.1. The molecule has 0 amide bonds. The van der Waals surface area contributed by atoms with Crippen molar-refractivity contribution in [2.75, 3.05) is 0 Å². The van der Waals surface area contributed by atoms with Gasteiger partial charge in [0.15, 0.2) is 0 Å². The van der Waals surface area contributed by atoms with Crippen LogP contribution < -0.4 is 5.73 Å². The molecular formula is C11H14Cl2F3N. The van der Waals surface area contributed by atoms with Crippen molar-refractivity contribution in [3.8, 4) is 0 Å². The first kappa shape index (κ1) is 16.6. The standard InChI is InChI=1S/C11H13ClF3N.ClH/c1-7-3-2-4-8(12)10(7)9(16)5-6-11(13,14)15;/h2-4,9H,5-6,16H2,1H3;1H/t9-;/m0./s1. The minimum absolute atomic E-state index is 0. The Labute approximate surface area is 110 Å². The maximum atomic E-state index is 12.0. The predicted molar refractivity (Wildman–Crippen MR) is 65.7 cm³/mol. The monoisotopic (exact) mass is 287 g/mol. The van der Waals surface area contributed by atoms with Gasteiger partial charge in [-0.3, -0.25) is 0 Å². The summed E-state index contributed by atoms with van der Waals surface area (Å²) in [7, 11) is 0. The summed E-state index contributed by atoms with van der Waals surface area (Å²) in [5, 5.41) is 0.426. The summed E-state index contributed by atoms with van der Waals surface area (Å²) < 4.78 is 36.1. The molecule has 0 saturated carbocycles. The van der Waals surface area contributed by atoms with E-state index in [4.69, 9.17) is 17.3 Å². The van der Waals surface area contributed by atoms with Crippen LogP contribution in [-0.4, -0.2) is 6.18 Å². The van der Waals surface area contributed by atoms with E-state index >= 15 is 0 Å². The lowest BCUT2D eigenvalue weighted by molar-refractivity contribution is -0.136. The van der Waals surface area contributed by atoms with Gasteiger partial charge in [-0.05, 0) is 30.5 Å². The van der Waals surface area contributed by atoms with Crippen LogP contribution in [0.25, 0.3) is 0 Å². The Bertz CT molecular complexity index is 346. The molecule has 1 nitrogen and oxygen atoms in total. The van der Waals surface area contributed by atoms with E-state index in [1.54, 1.807) is 25.1 Å². The second-order valence-electron chi connectivity index (χ2n) is 3.73. The Morgan fingerprint density at radius 1 is 1.35 bits per heavy atom. The van der Waals surface area contributed by atoms with Gasteiger partial charge in [0.25, 0.3) is 0 Å². The number of alkyl halides is 3. The molecule has 98 valence electrons. The summed E-state index contributed by atoms with van der Waals surface area (Å²) in [5.74, 6) is 0. The minimum Gasteiger partial charge on any atom is -0.324 e. The molecule has 17 heavy (non-hydrogen) atoms. The van der Waals surface area contributed by atoms with Crippen molar-refractivity contribution in [2.24, 2.45) is 5.73 Å². The lowest BCUT2D eigenvalue weighted by Gasteiger charge is -2.17. The number of rotatable bonds is 3. The van der Waals surface area contributed by atoms with Gasteiger partial charge < -0.3 is 5.73 Å². The first-order chi connectivity index (χ1) is 7.31. The van der Waals surface area contributed by atoms with Crippen LogP contribution in [0.3, 0.4) is 0 Å². The number of benzene rings is 1. The van der Waals surface area contributed by atoms with Crippen molar-refractivity contribution in [1.82, 2.24) is 0 Å². The molecule has 0 unspecified atom stereocenters. The molecule has 0 heterocycles. The van der Waals surface area contributed by atoms with Crippen LogP contribution in [0, 0.1) is 6.92 Å². The molecule has 1 rings (SSSR count). The van der Waals surface area contributed by atoms with E-state index in [0.717, 1.165) is 5.56 Å². The highest BCUT2D eigenvalue weighted by molar-refractivity contribution is 6.31. The van der Waals surface area contributed by atoms with Crippen molar-refractivity contribution >= 4 is 24.0 Å². The SMILES string of the molecule is Cc1cccc(Cl)c1[C@@H](N)CCC(F)(F)F.Cl. The van der Waals surface area contributed by atoms with Crippen LogP contribution in [0.15, 0.2) is 18.2 Å². The van der Waals surface area contributed by atoms with E-state index in [9.17, 15) is 13.2 Å². The maximum absolute atomic E-state index is 12.0. The maximum Gasteiger partial charge on any atom is 0.389 e. The zero-order valence-corrected chi connectivity index (χ0v) is 10.8. The van der Waals surface area contributed by atoms with E-state index in [1.807, 2.05) is 0 Å². The zero-order valence-electron chi connectivity index (χ0n) is 9.22. The van der Waals surface area contributed by atoms with Crippen LogP contribution in [0.4, 0.5) is 13.2 Å². The smallest absolute Gasteiger partial charge is 0.324 e. The zero-order chi connectivity index (χ0) is 12.3. The minimum atomic E-state index is -4.17. The van der Waals surface area contributed by atoms with Gasteiger partial charge in [-0.2, -0.15) is 13.2 Å². The van der Waals surface area contributed by atoms with Crippen molar-refractivity contribution in [1.29, 1.82) is 0 Å². The van der Waals surface area contributed by atoms with Crippen LogP contribution in [0.5, 0.6) is 0 Å². The first-order valence-corrected chi connectivity index (χ1v) is 5.26. The molecule has 0 saturated heterocycles. The molecular weight excluding hydrogens is 274 g/mol. The Morgan fingerprint density at radius 3 is 2.41 bits per heavy atom. The van der Waals surface area contributed by atoms with Crippen LogP contribution >= 0.6 is 24.0 Å². The fraction of sp³-hybridized carbons (Fsp3) is 0.455. The molecule has 0 aliphatic rings. The Morgan fingerprint density at radius 2 is 1.94 bits per heavy atom. The molecule has 0 aliphatic heterocycles. The summed E-state index contributed by atoms with van der Waals surface area (Å²) in [6, 6.07) is 4.50. The van der Waals surface area contributed by atoms with Crippen LogP contribution in [0.1, 0.15) is 30.0 Å². The first-order valence-electron chi connectivity index (χ1n) is 4.88. The fourth-order valence-electron chi connectivity index (χ4n) is 1.58.